The molecule has 4 aromatic carbocycles. The summed E-state index contributed by atoms with van der Waals surface area (Å²) in [6.07, 6.45) is 10.0. The molecule has 2 aliphatic heterocycles. The van der Waals surface area contributed by atoms with Gasteiger partial charge in [0.25, 0.3) is 50.6 Å². The molecule has 0 aromatic heterocycles. The molecular weight excluding hydrogens is 1120 g/mol. The Morgan fingerprint density at radius 2 is 1.13 bits per heavy atom. The molecule has 0 radical (unpaired) electrons. The SMILES string of the molecule is COCCOCCC1(C)C(=CC=CC=CC2N(CCCS(=O)(=O)O)c3ccc4c(S(=O)(=O)O)cc(S(=O)(=O)O)cc4c3C2(C)CCOCCOC)N(CCCCCC(=O)O)c2ccc3c(S(=O)(=O)O)cc(S(=O)(=O)O)cc3c21. The van der Waals surface area contributed by atoms with E-state index in [-0.39, 0.29) is 100.0 Å². The van der Waals surface area contributed by atoms with E-state index in [1.807, 2.05) is 11.8 Å². The lowest BCUT2D eigenvalue weighted by Crippen LogP contribution is -2.43. The lowest BCUT2D eigenvalue weighted by atomic mass is 9.74. The zero-order valence-electron chi connectivity index (χ0n) is 43.1. The summed E-state index contributed by atoms with van der Waals surface area (Å²) in [5.41, 5.74) is 0.00542. The molecule has 3 atom stereocenters. The van der Waals surface area contributed by atoms with E-state index in [1.165, 1.54) is 26.4 Å². The van der Waals surface area contributed by atoms with Crippen LogP contribution in [0.15, 0.2) is 104 Å². The molecule has 0 amide bonds. The van der Waals surface area contributed by atoms with Crippen LogP contribution in [0, 0.1) is 0 Å². The Kier molecular flexibility index (Phi) is 19.8. The van der Waals surface area contributed by atoms with E-state index in [9.17, 15) is 74.8 Å². The number of allylic oxidation sites excluding steroid dienone is 5. The Bertz CT molecular complexity index is 3580. The number of hydrogen-bond acceptors (Lipinski definition) is 17. The summed E-state index contributed by atoms with van der Waals surface area (Å²) in [4.78, 5) is 12.0. The monoisotopic (exact) mass is 1190 g/mol. The molecule has 0 fully saturated rings. The number of unbranched alkanes of at least 4 members (excludes halogenated alkanes) is 2. The van der Waals surface area contributed by atoms with Gasteiger partial charge >= 0.3 is 5.97 Å². The van der Waals surface area contributed by atoms with Crippen LogP contribution in [0.2, 0.25) is 0 Å². The van der Waals surface area contributed by atoms with Gasteiger partial charge in [0, 0.05) is 85.6 Å². The zero-order valence-corrected chi connectivity index (χ0v) is 47.2. The number of benzene rings is 4. The van der Waals surface area contributed by atoms with Crippen LogP contribution in [0.4, 0.5) is 11.4 Å². The van der Waals surface area contributed by atoms with Crippen molar-refractivity contribution in [3.05, 3.63) is 95.7 Å². The van der Waals surface area contributed by atoms with Crippen LogP contribution < -0.4 is 9.80 Å². The highest BCUT2D eigenvalue weighted by Crippen LogP contribution is 2.55. The predicted molar refractivity (Wildman–Crippen MR) is 288 cm³/mol. The molecule has 430 valence electrons. The number of carboxylic acids is 1. The summed E-state index contributed by atoms with van der Waals surface area (Å²) < 4.78 is 199. The van der Waals surface area contributed by atoms with Gasteiger partial charge in [0.1, 0.15) is 9.79 Å². The number of carboxylic acid groups (broad SMARTS) is 1. The van der Waals surface area contributed by atoms with Crippen molar-refractivity contribution in [1.29, 1.82) is 0 Å². The van der Waals surface area contributed by atoms with Crippen molar-refractivity contribution in [2.24, 2.45) is 0 Å². The number of aliphatic carboxylic acids is 1. The van der Waals surface area contributed by atoms with E-state index < -0.39 is 98.8 Å². The molecule has 78 heavy (non-hydrogen) atoms. The second-order valence-electron chi connectivity index (χ2n) is 19.3. The first-order valence-electron chi connectivity index (χ1n) is 24.4. The Balaban J connectivity index is 1.56. The van der Waals surface area contributed by atoms with Crippen LogP contribution in [-0.2, 0) is 85.2 Å². The van der Waals surface area contributed by atoms with Gasteiger partial charge in [-0.2, -0.15) is 42.1 Å². The van der Waals surface area contributed by atoms with Crippen molar-refractivity contribution in [3.8, 4) is 0 Å². The largest absolute Gasteiger partial charge is 0.481 e. The molecule has 4 aromatic rings. The molecule has 0 bridgehead atoms. The average Bonchev–Trinajstić information content (AvgIpc) is 3.73. The number of rotatable bonds is 29. The highest BCUT2D eigenvalue weighted by molar-refractivity contribution is 7.87. The molecule has 0 saturated carbocycles. The highest BCUT2D eigenvalue weighted by Gasteiger charge is 2.48. The molecule has 23 nitrogen and oxygen atoms in total. The van der Waals surface area contributed by atoms with Crippen molar-refractivity contribution in [2.45, 2.75) is 95.2 Å². The quantitative estimate of drug-likeness (QED) is 0.0199. The second-order valence-corrected chi connectivity index (χ2v) is 26.5. The molecule has 28 heteroatoms. The van der Waals surface area contributed by atoms with Crippen molar-refractivity contribution in [1.82, 2.24) is 0 Å². The van der Waals surface area contributed by atoms with Crippen LogP contribution in [0.5, 0.6) is 0 Å². The topological polar surface area (TPSA) is 353 Å². The van der Waals surface area contributed by atoms with E-state index >= 15 is 0 Å². The van der Waals surface area contributed by atoms with E-state index in [2.05, 4.69) is 0 Å². The lowest BCUT2D eigenvalue weighted by molar-refractivity contribution is -0.137. The average molecular weight is 1190 g/mol. The molecule has 6 rings (SSSR count). The van der Waals surface area contributed by atoms with Gasteiger partial charge in [-0.15, -0.1) is 0 Å². The van der Waals surface area contributed by atoms with E-state index in [0.717, 1.165) is 12.1 Å². The first-order valence-corrected chi connectivity index (χ1v) is 31.8. The van der Waals surface area contributed by atoms with Crippen LogP contribution in [0.1, 0.15) is 69.9 Å². The summed E-state index contributed by atoms with van der Waals surface area (Å²) in [6, 6.07) is 8.69. The predicted octanol–water partition coefficient (Wildman–Crippen LogP) is 6.23. The third kappa shape index (κ3) is 14.3. The highest BCUT2D eigenvalue weighted by atomic mass is 32.2. The first-order chi connectivity index (χ1) is 36.4. The van der Waals surface area contributed by atoms with Gasteiger partial charge in [0.2, 0.25) is 0 Å². The zero-order chi connectivity index (χ0) is 57.6. The summed E-state index contributed by atoms with van der Waals surface area (Å²) in [5, 5.41) is 9.32. The lowest BCUT2D eigenvalue weighted by Gasteiger charge is -2.35. The van der Waals surface area contributed by atoms with Gasteiger partial charge in [-0.05, 0) is 103 Å². The minimum absolute atomic E-state index is 0.0264. The van der Waals surface area contributed by atoms with Crippen molar-refractivity contribution < 1.29 is 93.7 Å². The standard InChI is InChI=1S/C50H64N2O21S5/c1-49(19-23-72-27-25-70-3)44(51(21-10-6-9-14-46(53)54)40-17-15-36-38(47(40)49)30-34(75(58,59)60)32-42(36)77(64,65)66)12-7-5-8-13-45-50(2,20-24-73-28-26-71-4)48-39-31-35(76(61,62)63)33-43(78(67,68)69)37(39)16-18-41(48)52(45)22-11-29-74(55,56)57/h5,7-8,12-13,15-18,30-33,45H,6,9-11,14,19-29H2,1-4H3,(H,53,54)(H,55,56,57)(H,58,59,60)(H,61,62,63)(H,64,65,66)(H,67,68,69). The summed E-state index contributed by atoms with van der Waals surface area (Å²) >= 11 is 0. The summed E-state index contributed by atoms with van der Waals surface area (Å²) in [6.45, 7) is 4.92. The number of nitrogens with zero attached hydrogens (tertiary/aromatic N) is 2. The second kappa shape index (κ2) is 24.8. The molecular formula is C50H64N2O21S5. The number of ether oxygens (including phenoxy) is 4. The smallest absolute Gasteiger partial charge is 0.303 e. The van der Waals surface area contributed by atoms with Crippen LogP contribution in [-0.4, -0.2) is 155 Å². The number of hydrogen-bond donors (Lipinski definition) is 6. The molecule has 0 spiro atoms. The Labute approximate surface area is 454 Å². The van der Waals surface area contributed by atoms with Gasteiger partial charge in [0.15, 0.2) is 0 Å². The third-order valence-corrected chi connectivity index (χ3v) is 18.3. The van der Waals surface area contributed by atoms with Gasteiger partial charge in [-0.25, -0.2) is 0 Å². The van der Waals surface area contributed by atoms with E-state index in [0.29, 0.717) is 59.6 Å². The van der Waals surface area contributed by atoms with Crippen LogP contribution in [0.25, 0.3) is 21.5 Å². The van der Waals surface area contributed by atoms with Crippen molar-refractivity contribution in [2.75, 3.05) is 82.5 Å². The van der Waals surface area contributed by atoms with Gasteiger partial charge < -0.3 is 33.9 Å². The van der Waals surface area contributed by atoms with Crippen molar-refractivity contribution >= 4 is 89.5 Å². The van der Waals surface area contributed by atoms with Gasteiger partial charge in [-0.1, -0.05) is 49.8 Å². The van der Waals surface area contributed by atoms with Crippen LogP contribution >= 0.6 is 0 Å². The summed E-state index contributed by atoms with van der Waals surface area (Å²) in [7, 11) is -21.8. The maximum Gasteiger partial charge on any atom is 0.303 e. The van der Waals surface area contributed by atoms with Crippen molar-refractivity contribution in [3.63, 3.8) is 0 Å². The number of fused-ring (bicyclic) bond motifs is 6. The van der Waals surface area contributed by atoms with Gasteiger partial charge in [-0.3, -0.25) is 27.6 Å². The Hall–Kier alpha value is -4.92. The molecule has 2 aliphatic rings. The fourth-order valence-corrected chi connectivity index (χ4v) is 13.7. The fourth-order valence-electron chi connectivity index (χ4n) is 10.5. The van der Waals surface area contributed by atoms with Gasteiger partial charge in [0.05, 0.1) is 48.0 Å². The summed E-state index contributed by atoms with van der Waals surface area (Å²) in [5.74, 6) is -1.62. The number of methoxy groups -OCH3 is 2. The maximum atomic E-state index is 12.9. The molecule has 0 saturated heterocycles. The minimum atomic E-state index is -5.11. The third-order valence-electron chi connectivity index (χ3n) is 14.0. The number of carbonyl (C=O) groups is 1. The molecule has 6 N–H and O–H groups in total. The first kappa shape index (κ1) is 62.3. The Morgan fingerprint density at radius 3 is 1.64 bits per heavy atom. The molecule has 2 heterocycles. The Morgan fingerprint density at radius 1 is 0.590 bits per heavy atom. The maximum absolute atomic E-state index is 12.9. The number of anilines is 2. The van der Waals surface area contributed by atoms with Crippen LogP contribution in [0.3, 0.4) is 0 Å². The molecule has 0 aliphatic carbocycles. The normalized spacial score (nSPS) is 19.8. The molecule has 3 unspecified atom stereocenters. The van der Waals surface area contributed by atoms with E-state index in [1.54, 1.807) is 54.3 Å². The minimum Gasteiger partial charge on any atom is -0.481 e. The van der Waals surface area contributed by atoms with E-state index in [4.69, 9.17) is 18.9 Å². The fraction of sp³-hybridized carbons (Fsp3) is 0.460.